The topological polar surface area (TPSA) is 45.2 Å². The van der Waals surface area contributed by atoms with Crippen LogP contribution in [0, 0.1) is 13.8 Å². The van der Waals surface area contributed by atoms with E-state index < -0.39 is 0 Å². The molecule has 0 bridgehead atoms. The fourth-order valence-corrected chi connectivity index (χ4v) is 4.07. The molecule has 130 valence electrons. The van der Waals surface area contributed by atoms with Crippen LogP contribution in [-0.2, 0) is 0 Å². The van der Waals surface area contributed by atoms with Crippen molar-refractivity contribution in [1.29, 1.82) is 0 Å². The molecule has 2 heterocycles. The van der Waals surface area contributed by atoms with E-state index in [1.165, 1.54) is 30.4 Å². The molecule has 1 saturated carbocycles. The van der Waals surface area contributed by atoms with E-state index >= 15 is 0 Å². The Morgan fingerprint density at radius 3 is 2.64 bits per heavy atom. The predicted molar refractivity (Wildman–Crippen MR) is 99.6 cm³/mol. The van der Waals surface area contributed by atoms with E-state index in [0.717, 1.165) is 29.8 Å². The van der Waals surface area contributed by atoms with E-state index in [4.69, 9.17) is 0 Å². The summed E-state index contributed by atoms with van der Waals surface area (Å²) in [6, 6.07) is 10.4. The maximum absolute atomic E-state index is 13.1. The van der Waals surface area contributed by atoms with Gasteiger partial charge in [-0.1, -0.05) is 25.3 Å². The summed E-state index contributed by atoms with van der Waals surface area (Å²) in [4.78, 5) is 19.7. The number of aryl methyl sites for hydroxylation is 2. The van der Waals surface area contributed by atoms with Crippen LogP contribution < -0.4 is 5.32 Å². The minimum absolute atomic E-state index is 0.122. The third-order valence-electron chi connectivity index (χ3n) is 5.62. The number of benzene rings is 1. The lowest BCUT2D eigenvalue weighted by Gasteiger charge is -2.36. The molecule has 0 saturated heterocycles. The van der Waals surface area contributed by atoms with Crippen molar-refractivity contribution in [1.82, 2.24) is 9.88 Å². The SMILES string of the molecule is Cc1ccc(N[C@@H]2c3ncccc3C(=O)N2C2CCCCC2)cc1C. The second-order valence-electron chi connectivity index (χ2n) is 7.29. The average molecular weight is 335 g/mol. The lowest BCUT2D eigenvalue weighted by Crippen LogP contribution is -2.42. The molecule has 2 aliphatic rings. The molecule has 1 atom stereocenters. The number of nitrogens with zero attached hydrogens (tertiary/aromatic N) is 2. The van der Waals surface area contributed by atoms with Crippen LogP contribution in [0.1, 0.15) is 65.4 Å². The number of fused-ring (bicyclic) bond motifs is 1. The van der Waals surface area contributed by atoms with Crippen molar-refractivity contribution in [3.63, 3.8) is 0 Å². The highest BCUT2D eigenvalue weighted by atomic mass is 16.2. The van der Waals surface area contributed by atoms with Gasteiger partial charge in [0.2, 0.25) is 0 Å². The summed E-state index contributed by atoms with van der Waals surface area (Å²) in [5.74, 6) is 0.122. The fourth-order valence-electron chi connectivity index (χ4n) is 4.07. The van der Waals surface area contributed by atoms with E-state index in [1.807, 2.05) is 17.0 Å². The van der Waals surface area contributed by atoms with Gasteiger partial charge in [-0.2, -0.15) is 0 Å². The van der Waals surface area contributed by atoms with Crippen molar-refractivity contribution in [3.8, 4) is 0 Å². The van der Waals surface area contributed by atoms with Crippen molar-refractivity contribution >= 4 is 11.6 Å². The molecular formula is C21H25N3O. The van der Waals surface area contributed by atoms with Gasteiger partial charge < -0.3 is 10.2 Å². The summed E-state index contributed by atoms with van der Waals surface area (Å²) >= 11 is 0. The summed E-state index contributed by atoms with van der Waals surface area (Å²) in [6.45, 7) is 4.23. The third-order valence-corrected chi connectivity index (χ3v) is 5.62. The normalized spacial score (nSPS) is 20.6. The van der Waals surface area contributed by atoms with Crippen LogP contribution in [0.5, 0.6) is 0 Å². The first kappa shape index (κ1) is 16.1. The third kappa shape index (κ3) is 2.90. The van der Waals surface area contributed by atoms with Gasteiger partial charge in [0.05, 0.1) is 11.3 Å². The molecular weight excluding hydrogens is 310 g/mol. The van der Waals surface area contributed by atoms with Gasteiger partial charge in [-0.25, -0.2) is 0 Å². The van der Waals surface area contributed by atoms with Crippen LogP contribution in [0.3, 0.4) is 0 Å². The zero-order chi connectivity index (χ0) is 17.4. The zero-order valence-corrected chi connectivity index (χ0v) is 15.0. The molecule has 4 heteroatoms. The van der Waals surface area contributed by atoms with Crippen LogP contribution in [0.25, 0.3) is 0 Å². The highest BCUT2D eigenvalue weighted by molar-refractivity contribution is 5.99. The van der Waals surface area contributed by atoms with Gasteiger partial charge in [0, 0.05) is 17.9 Å². The maximum atomic E-state index is 13.1. The Bertz CT molecular complexity index is 795. The van der Waals surface area contributed by atoms with Crippen LogP contribution in [0.2, 0.25) is 0 Å². The highest BCUT2D eigenvalue weighted by Crippen LogP contribution is 2.38. The summed E-state index contributed by atoms with van der Waals surface area (Å²) in [6.07, 6.45) is 7.47. The molecule has 0 radical (unpaired) electrons. The summed E-state index contributed by atoms with van der Waals surface area (Å²) in [7, 11) is 0. The quantitative estimate of drug-likeness (QED) is 0.892. The van der Waals surface area contributed by atoms with E-state index in [-0.39, 0.29) is 12.1 Å². The molecule has 4 nitrogen and oxygen atoms in total. The summed E-state index contributed by atoms with van der Waals surface area (Å²) in [5, 5.41) is 3.59. The second-order valence-corrected chi connectivity index (χ2v) is 7.29. The van der Waals surface area contributed by atoms with Crippen LogP contribution in [0.15, 0.2) is 36.5 Å². The number of nitrogens with one attached hydrogen (secondary N) is 1. The van der Waals surface area contributed by atoms with Crippen LogP contribution in [-0.4, -0.2) is 21.8 Å². The Hall–Kier alpha value is -2.36. The van der Waals surface area contributed by atoms with Crippen molar-refractivity contribution in [2.24, 2.45) is 0 Å². The predicted octanol–water partition coefficient (Wildman–Crippen LogP) is 4.60. The molecule has 1 N–H and O–H groups in total. The number of aromatic nitrogens is 1. The first-order valence-electron chi connectivity index (χ1n) is 9.26. The molecule has 2 aromatic rings. The molecule has 1 aromatic heterocycles. The molecule has 1 amide bonds. The first-order valence-corrected chi connectivity index (χ1v) is 9.26. The largest absolute Gasteiger partial charge is 0.360 e. The minimum Gasteiger partial charge on any atom is -0.360 e. The first-order chi connectivity index (χ1) is 12.1. The van der Waals surface area contributed by atoms with Gasteiger partial charge >= 0.3 is 0 Å². The van der Waals surface area contributed by atoms with Gasteiger partial charge in [0.25, 0.3) is 5.91 Å². The number of carbonyl (C=O) groups excluding carboxylic acids is 1. The second kappa shape index (κ2) is 6.51. The molecule has 1 aromatic carbocycles. The number of hydrogen-bond donors (Lipinski definition) is 1. The number of amides is 1. The number of hydrogen-bond acceptors (Lipinski definition) is 3. The van der Waals surface area contributed by atoms with Crippen molar-refractivity contribution in [2.45, 2.75) is 58.2 Å². The van der Waals surface area contributed by atoms with E-state index in [9.17, 15) is 4.79 Å². The number of rotatable bonds is 3. The van der Waals surface area contributed by atoms with Crippen LogP contribution in [0.4, 0.5) is 5.69 Å². The standard InChI is InChI=1S/C21H25N3O/c1-14-10-11-16(13-15(14)2)23-20-19-18(9-6-12-22-19)21(25)24(20)17-7-4-3-5-8-17/h6,9-13,17,20,23H,3-5,7-8H2,1-2H3/t20-/m0/s1. The molecule has 1 aliphatic carbocycles. The fraction of sp³-hybridized carbons (Fsp3) is 0.429. The number of carbonyl (C=O) groups is 1. The smallest absolute Gasteiger partial charge is 0.258 e. The Balaban J connectivity index is 1.69. The highest BCUT2D eigenvalue weighted by Gasteiger charge is 2.41. The Morgan fingerprint density at radius 2 is 1.88 bits per heavy atom. The van der Waals surface area contributed by atoms with Gasteiger partial charge in [-0.3, -0.25) is 9.78 Å². The zero-order valence-electron chi connectivity index (χ0n) is 15.0. The molecule has 25 heavy (non-hydrogen) atoms. The van der Waals surface area contributed by atoms with Crippen molar-refractivity contribution in [2.75, 3.05) is 5.32 Å². The minimum atomic E-state index is -0.172. The van der Waals surface area contributed by atoms with E-state index in [2.05, 4.69) is 42.3 Å². The average Bonchev–Trinajstić information content (AvgIpc) is 2.91. The van der Waals surface area contributed by atoms with E-state index in [1.54, 1.807) is 6.20 Å². The molecule has 4 rings (SSSR count). The molecule has 0 unspecified atom stereocenters. The monoisotopic (exact) mass is 335 g/mol. The van der Waals surface area contributed by atoms with Crippen molar-refractivity contribution in [3.05, 3.63) is 58.9 Å². The van der Waals surface area contributed by atoms with Gasteiger partial charge in [0.15, 0.2) is 0 Å². The summed E-state index contributed by atoms with van der Waals surface area (Å²) < 4.78 is 0. The van der Waals surface area contributed by atoms with Gasteiger partial charge in [0.1, 0.15) is 6.17 Å². The Labute approximate surface area is 149 Å². The van der Waals surface area contributed by atoms with Crippen molar-refractivity contribution < 1.29 is 4.79 Å². The molecule has 1 fully saturated rings. The number of pyridine rings is 1. The Kier molecular flexibility index (Phi) is 4.20. The Morgan fingerprint density at radius 1 is 1.08 bits per heavy atom. The molecule has 1 aliphatic heterocycles. The van der Waals surface area contributed by atoms with Crippen LogP contribution >= 0.6 is 0 Å². The lowest BCUT2D eigenvalue weighted by molar-refractivity contribution is 0.0599. The van der Waals surface area contributed by atoms with E-state index in [0.29, 0.717) is 6.04 Å². The maximum Gasteiger partial charge on any atom is 0.258 e. The van der Waals surface area contributed by atoms with Gasteiger partial charge in [-0.05, 0) is 62.1 Å². The molecule has 0 spiro atoms. The lowest BCUT2D eigenvalue weighted by atomic mass is 9.94. The number of anilines is 1. The van der Waals surface area contributed by atoms with Gasteiger partial charge in [-0.15, -0.1) is 0 Å². The summed E-state index contributed by atoms with van der Waals surface area (Å²) in [5.41, 5.74) is 5.17.